The minimum absolute atomic E-state index is 0.291. The fraction of sp³-hybridized carbons (Fsp3) is 0.438. The smallest absolute Gasteiger partial charge is 0.129 e. The van der Waals surface area contributed by atoms with E-state index in [1.54, 1.807) is 11.3 Å². The Hall–Kier alpha value is -1.39. The zero-order valence-electron chi connectivity index (χ0n) is 12.3. The Kier molecular flexibility index (Phi) is 5.56. The topological polar surface area (TPSA) is 34.1 Å². The highest BCUT2D eigenvalue weighted by molar-refractivity contribution is 7.13. The molecule has 0 spiro atoms. The fourth-order valence-electron chi connectivity index (χ4n) is 2.00. The van der Waals surface area contributed by atoms with Gasteiger partial charge in [-0.25, -0.2) is 4.98 Å². The summed E-state index contributed by atoms with van der Waals surface area (Å²) in [7, 11) is 0. The van der Waals surface area contributed by atoms with Crippen molar-refractivity contribution in [2.75, 3.05) is 13.2 Å². The van der Waals surface area contributed by atoms with Gasteiger partial charge in [-0.05, 0) is 38.9 Å². The summed E-state index contributed by atoms with van der Waals surface area (Å²) in [5.74, 6) is 0.907. The van der Waals surface area contributed by atoms with E-state index in [9.17, 15) is 0 Å². The standard InChI is InChI=1S/C16H22N2OS/c1-4-10-17-12(3)14-11-20-16(18-14)13-8-6-7-9-15(13)19-5-2/h6-9,11-12,17H,4-5,10H2,1-3H3. The fourth-order valence-corrected chi connectivity index (χ4v) is 2.94. The Bertz CT molecular complexity index is 539. The minimum atomic E-state index is 0.291. The number of para-hydroxylation sites is 1. The van der Waals surface area contributed by atoms with E-state index in [2.05, 4.69) is 30.6 Å². The van der Waals surface area contributed by atoms with E-state index in [1.807, 2.05) is 25.1 Å². The number of nitrogens with zero attached hydrogens (tertiary/aromatic N) is 1. The van der Waals surface area contributed by atoms with Gasteiger partial charge in [0.1, 0.15) is 10.8 Å². The second-order valence-electron chi connectivity index (χ2n) is 4.68. The van der Waals surface area contributed by atoms with Crippen molar-refractivity contribution >= 4 is 11.3 Å². The van der Waals surface area contributed by atoms with Crippen molar-refractivity contribution in [1.82, 2.24) is 10.3 Å². The lowest BCUT2D eigenvalue weighted by Crippen LogP contribution is -2.19. The minimum Gasteiger partial charge on any atom is -0.493 e. The highest BCUT2D eigenvalue weighted by atomic mass is 32.1. The van der Waals surface area contributed by atoms with Gasteiger partial charge in [0, 0.05) is 11.4 Å². The number of nitrogens with one attached hydrogen (secondary N) is 1. The van der Waals surface area contributed by atoms with Crippen LogP contribution in [-0.2, 0) is 0 Å². The van der Waals surface area contributed by atoms with Gasteiger partial charge in [-0.1, -0.05) is 19.1 Å². The molecule has 0 aliphatic rings. The van der Waals surface area contributed by atoms with Gasteiger partial charge in [0.2, 0.25) is 0 Å². The van der Waals surface area contributed by atoms with Crippen LogP contribution in [0.5, 0.6) is 5.75 Å². The molecule has 20 heavy (non-hydrogen) atoms. The van der Waals surface area contributed by atoms with Crippen LogP contribution in [-0.4, -0.2) is 18.1 Å². The van der Waals surface area contributed by atoms with Crippen LogP contribution in [0.3, 0.4) is 0 Å². The molecular formula is C16H22N2OS. The zero-order chi connectivity index (χ0) is 14.4. The molecule has 0 radical (unpaired) electrons. The molecule has 3 nitrogen and oxygen atoms in total. The Morgan fingerprint density at radius 1 is 1.30 bits per heavy atom. The van der Waals surface area contributed by atoms with Gasteiger partial charge < -0.3 is 10.1 Å². The summed E-state index contributed by atoms with van der Waals surface area (Å²) in [6.07, 6.45) is 1.13. The van der Waals surface area contributed by atoms with Gasteiger partial charge in [-0.3, -0.25) is 0 Å². The molecule has 1 aromatic carbocycles. The van der Waals surface area contributed by atoms with Crippen LogP contribution in [0.2, 0.25) is 0 Å². The maximum atomic E-state index is 5.68. The molecule has 108 valence electrons. The molecule has 1 atom stereocenters. The lowest BCUT2D eigenvalue weighted by Gasteiger charge is -2.10. The quantitative estimate of drug-likeness (QED) is 0.827. The molecule has 0 saturated heterocycles. The summed E-state index contributed by atoms with van der Waals surface area (Å²) in [6, 6.07) is 8.38. The highest BCUT2D eigenvalue weighted by Gasteiger charge is 2.13. The summed E-state index contributed by atoms with van der Waals surface area (Å²) < 4.78 is 5.68. The van der Waals surface area contributed by atoms with E-state index in [4.69, 9.17) is 9.72 Å². The number of hydrogen-bond acceptors (Lipinski definition) is 4. The summed E-state index contributed by atoms with van der Waals surface area (Å²) in [5.41, 5.74) is 2.18. The monoisotopic (exact) mass is 290 g/mol. The van der Waals surface area contributed by atoms with Crippen molar-refractivity contribution < 1.29 is 4.74 Å². The first-order valence-corrected chi connectivity index (χ1v) is 8.05. The SMILES string of the molecule is CCCNC(C)c1csc(-c2ccccc2OCC)n1. The van der Waals surface area contributed by atoms with Gasteiger partial charge in [-0.2, -0.15) is 0 Å². The number of hydrogen-bond donors (Lipinski definition) is 1. The Balaban J connectivity index is 2.20. The Morgan fingerprint density at radius 3 is 2.85 bits per heavy atom. The van der Waals surface area contributed by atoms with Crippen molar-refractivity contribution in [2.24, 2.45) is 0 Å². The van der Waals surface area contributed by atoms with Crippen molar-refractivity contribution in [3.8, 4) is 16.3 Å². The van der Waals surface area contributed by atoms with Crippen molar-refractivity contribution in [1.29, 1.82) is 0 Å². The first-order chi connectivity index (χ1) is 9.76. The molecule has 0 amide bonds. The predicted octanol–water partition coefficient (Wildman–Crippen LogP) is 4.27. The number of thiazole rings is 1. The van der Waals surface area contributed by atoms with E-state index in [1.165, 1.54) is 0 Å². The summed E-state index contributed by atoms with van der Waals surface area (Å²) >= 11 is 1.67. The molecular weight excluding hydrogens is 268 g/mol. The number of rotatable bonds is 7. The summed E-state index contributed by atoms with van der Waals surface area (Å²) in [4.78, 5) is 4.75. The lowest BCUT2D eigenvalue weighted by molar-refractivity contribution is 0.341. The third-order valence-electron chi connectivity index (χ3n) is 3.08. The van der Waals surface area contributed by atoms with Crippen LogP contribution < -0.4 is 10.1 Å². The van der Waals surface area contributed by atoms with Gasteiger partial charge >= 0.3 is 0 Å². The molecule has 0 saturated carbocycles. The van der Waals surface area contributed by atoms with Crippen LogP contribution >= 0.6 is 11.3 Å². The van der Waals surface area contributed by atoms with E-state index in [0.29, 0.717) is 12.6 Å². The van der Waals surface area contributed by atoms with Crippen molar-refractivity contribution in [2.45, 2.75) is 33.2 Å². The maximum Gasteiger partial charge on any atom is 0.129 e. The van der Waals surface area contributed by atoms with Crippen LogP contribution in [0.25, 0.3) is 10.6 Å². The first-order valence-electron chi connectivity index (χ1n) is 7.17. The highest BCUT2D eigenvalue weighted by Crippen LogP contribution is 2.33. The van der Waals surface area contributed by atoms with E-state index < -0.39 is 0 Å². The molecule has 1 N–H and O–H groups in total. The average molecular weight is 290 g/mol. The largest absolute Gasteiger partial charge is 0.493 e. The number of ether oxygens (including phenoxy) is 1. The average Bonchev–Trinajstić information content (AvgIpc) is 2.95. The summed E-state index contributed by atoms with van der Waals surface area (Å²) in [6.45, 7) is 8.02. The molecule has 1 aromatic heterocycles. The lowest BCUT2D eigenvalue weighted by atomic mass is 10.2. The van der Waals surface area contributed by atoms with E-state index in [-0.39, 0.29) is 0 Å². The molecule has 2 aromatic rings. The molecule has 4 heteroatoms. The normalized spacial score (nSPS) is 12.3. The number of aromatic nitrogens is 1. The second kappa shape index (κ2) is 7.41. The van der Waals surface area contributed by atoms with E-state index >= 15 is 0 Å². The number of benzene rings is 1. The molecule has 0 aliphatic heterocycles. The third-order valence-corrected chi connectivity index (χ3v) is 3.98. The molecule has 1 unspecified atom stereocenters. The van der Waals surface area contributed by atoms with Gasteiger partial charge in [0.05, 0.1) is 17.9 Å². The first kappa shape index (κ1) is 15.0. The molecule has 1 heterocycles. The van der Waals surface area contributed by atoms with Crippen molar-refractivity contribution in [3.63, 3.8) is 0 Å². The Morgan fingerprint density at radius 2 is 2.10 bits per heavy atom. The van der Waals surface area contributed by atoms with Crippen molar-refractivity contribution in [3.05, 3.63) is 35.3 Å². The molecule has 0 aliphatic carbocycles. The van der Waals surface area contributed by atoms with Gasteiger partial charge in [-0.15, -0.1) is 11.3 Å². The van der Waals surface area contributed by atoms with Crippen LogP contribution in [0, 0.1) is 0 Å². The molecule has 0 bridgehead atoms. The zero-order valence-corrected chi connectivity index (χ0v) is 13.2. The maximum absolute atomic E-state index is 5.68. The second-order valence-corrected chi connectivity index (χ2v) is 5.54. The predicted molar refractivity (Wildman–Crippen MR) is 85.4 cm³/mol. The van der Waals surface area contributed by atoms with E-state index in [0.717, 1.165) is 35.0 Å². The van der Waals surface area contributed by atoms with Crippen LogP contribution in [0.4, 0.5) is 0 Å². The van der Waals surface area contributed by atoms with Crippen LogP contribution in [0.15, 0.2) is 29.6 Å². The molecule has 0 fully saturated rings. The van der Waals surface area contributed by atoms with Gasteiger partial charge in [0.15, 0.2) is 0 Å². The molecule has 2 rings (SSSR count). The summed E-state index contributed by atoms with van der Waals surface area (Å²) in [5, 5.41) is 6.62. The third kappa shape index (κ3) is 3.58. The van der Waals surface area contributed by atoms with Crippen LogP contribution in [0.1, 0.15) is 38.9 Å². The Labute approximate surface area is 125 Å². The van der Waals surface area contributed by atoms with Gasteiger partial charge in [0.25, 0.3) is 0 Å².